The van der Waals surface area contributed by atoms with Gasteiger partial charge in [-0.05, 0) is 48.2 Å². The number of nitrogens with one attached hydrogen (secondary N) is 1. The molecule has 1 unspecified atom stereocenters. The summed E-state index contributed by atoms with van der Waals surface area (Å²) in [5.74, 6) is -0.339. The van der Waals surface area contributed by atoms with Crippen molar-refractivity contribution in [3.8, 4) is 0 Å². The third kappa shape index (κ3) is 5.41. The van der Waals surface area contributed by atoms with Crippen LogP contribution in [-0.2, 0) is 27.4 Å². The van der Waals surface area contributed by atoms with Crippen molar-refractivity contribution in [3.63, 3.8) is 0 Å². The lowest BCUT2D eigenvalue weighted by Gasteiger charge is -2.27. The first-order valence-corrected chi connectivity index (χ1v) is 11.6. The maximum absolute atomic E-state index is 12.7. The van der Waals surface area contributed by atoms with Gasteiger partial charge in [0.1, 0.15) is 0 Å². The molecule has 0 aliphatic carbocycles. The summed E-state index contributed by atoms with van der Waals surface area (Å²) in [6, 6.07) is 9.27. The number of hydrogen-bond acceptors (Lipinski definition) is 6. The van der Waals surface area contributed by atoms with E-state index < -0.39 is 0 Å². The monoisotopic (exact) mass is 463 g/mol. The molecule has 0 bridgehead atoms. The second kappa shape index (κ2) is 10.5. The molecule has 0 fully saturated rings. The van der Waals surface area contributed by atoms with Crippen molar-refractivity contribution in [3.05, 3.63) is 59.4 Å². The van der Waals surface area contributed by atoms with E-state index in [2.05, 4.69) is 15.4 Å². The molecule has 1 N–H and O–H groups in total. The van der Waals surface area contributed by atoms with E-state index in [9.17, 15) is 14.4 Å². The second-order valence-corrected chi connectivity index (χ2v) is 8.52. The first-order chi connectivity index (χ1) is 16.4. The molecule has 2 aliphatic rings. The zero-order valence-electron chi connectivity index (χ0n) is 19.5. The SMILES string of the molecule is CCOC(=O)CCCN1N=C(c2ccc(NC(=O)N3Cc4ccncc4C3)cc2)C(C)CC1=O. The summed E-state index contributed by atoms with van der Waals surface area (Å²) in [5, 5.41) is 8.97. The van der Waals surface area contributed by atoms with Gasteiger partial charge >= 0.3 is 12.0 Å². The summed E-state index contributed by atoms with van der Waals surface area (Å²) < 4.78 is 4.94. The highest BCUT2D eigenvalue weighted by atomic mass is 16.5. The average Bonchev–Trinajstić information content (AvgIpc) is 3.26. The molecule has 3 amide bonds. The highest BCUT2D eigenvalue weighted by Gasteiger charge is 2.27. The Hall–Kier alpha value is -3.75. The Balaban J connectivity index is 1.37. The Labute approximate surface area is 198 Å². The number of rotatable bonds is 7. The largest absolute Gasteiger partial charge is 0.466 e. The van der Waals surface area contributed by atoms with Crippen molar-refractivity contribution in [1.82, 2.24) is 14.9 Å². The molecule has 4 rings (SSSR count). The Kier molecular flexibility index (Phi) is 7.20. The van der Waals surface area contributed by atoms with Crippen LogP contribution in [-0.4, -0.2) is 51.7 Å². The maximum Gasteiger partial charge on any atom is 0.322 e. The highest BCUT2D eigenvalue weighted by molar-refractivity contribution is 6.06. The fourth-order valence-corrected chi connectivity index (χ4v) is 4.16. The number of benzene rings is 1. The van der Waals surface area contributed by atoms with E-state index in [1.165, 1.54) is 5.01 Å². The number of ether oxygens (including phenoxy) is 1. The average molecular weight is 464 g/mol. The minimum absolute atomic E-state index is 0.0223. The third-order valence-electron chi connectivity index (χ3n) is 5.97. The summed E-state index contributed by atoms with van der Waals surface area (Å²) in [6.07, 6.45) is 4.65. The Morgan fingerprint density at radius 2 is 1.91 bits per heavy atom. The molecular weight excluding hydrogens is 434 g/mol. The Morgan fingerprint density at radius 3 is 2.65 bits per heavy atom. The minimum Gasteiger partial charge on any atom is -0.466 e. The number of nitrogens with zero attached hydrogens (tertiary/aromatic N) is 4. The van der Waals surface area contributed by atoms with E-state index in [0.29, 0.717) is 44.8 Å². The van der Waals surface area contributed by atoms with E-state index in [1.54, 1.807) is 24.2 Å². The first-order valence-electron chi connectivity index (χ1n) is 11.6. The number of anilines is 1. The van der Waals surface area contributed by atoms with Crippen LogP contribution in [0, 0.1) is 5.92 Å². The van der Waals surface area contributed by atoms with Crippen LogP contribution >= 0.6 is 0 Å². The highest BCUT2D eigenvalue weighted by Crippen LogP contribution is 2.24. The van der Waals surface area contributed by atoms with Crippen molar-refractivity contribution in [1.29, 1.82) is 0 Å². The molecular formula is C25H29N5O4. The van der Waals surface area contributed by atoms with Gasteiger partial charge < -0.3 is 15.0 Å². The number of urea groups is 1. The number of carbonyl (C=O) groups is 3. The van der Waals surface area contributed by atoms with Gasteiger partial charge in [0.25, 0.3) is 0 Å². The smallest absolute Gasteiger partial charge is 0.322 e. The number of pyridine rings is 1. The van der Waals surface area contributed by atoms with Crippen LogP contribution in [0.25, 0.3) is 0 Å². The van der Waals surface area contributed by atoms with Gasteiger partial charge in [-0.2, -0.15) is 5.10 Å². The minimum atomic E-state index is -0.267. The lowest BCUT2D eigenvalue weighted by Crippen LogP contribution is -2.37. The number of hydrogen-bond donors (Lipinski definition) is 1. The zero-order chi connectivity index (χ0) is 24.1. The van der Waals surface area contributed by atoms with Gasteiger partial charge in [-0.15, -0.1) is 0 Å². The summed E-state index contributed by atoms with van der Waals surface area (Å²) in [5.41, 5.74) is 4.59. The summed E-state index contributed by atoms with van der Waals surface area (Å²) in [6.45, 7) is 5.57. The molecule has 1 atom stereocenters. The molecule has 0 saturated heterocycles. The first kappa shape index (κ1) is 23.4. The number of amides is 3. The quantitative estimate of drug-likeness (QED) is 0.633. The Morgan fingerprint density at radius 1 is 1.15 bits per heavy atom. The topological polar surface area (TPSA) is 104 Å². The molecule has 0 saturated carbocycles. The predicted octanol–water partition coefficient (Wildman–Crippen LogP) is 3.55. The number of aromatic nitrogens is 1. The lowest BCUT2D eigenvalue weighted by atomic mass is 9.93. The van der Waals surface area contributed by atoms with E-state index in [0.717, 1.165) is 22.4 Å². The van der Waals surface area contributed by atoms with Crippen LogP contribution in [0.5, 0.6) is 0 Å². The van der Waals surface area contributed by atoms with Crippen molar-refractivity contribution in [2.24, 2.45) is 11.0 Å². The van der Waals surface area contributed by atoms with Crippen molar-refractivity contribution in [2.45, 2.75) is 46.2 Å². The number of esters is 1. The van der Waals surface area contributed by atoms with Crippen molar-refractivity contribution < 1.29 is 19.1 Å². The van der Waals surface area contributed by atoms with Crippen LogP contribution in [0.4, 0.5) is 10.5 Å². The fourth-order valence-electron chi connectivity index (χ4n) is 4.16. The number of carbonyl (C=O) groups excluding carboxylic acids is 3. The van der Waals surface area contributed by atoms with Gasteiger partial charge in [-0.25, -0.2) is 9.80 Å². The summed E-state index contributed by atoms with van der Waals surface area (Å²) in [7, 11) is 0. The maximum atomic E-state index is 12.7. The lowest BCUT2D eigenvalue weighted by molar-refractivity contribution is -0.143. The van der Waals surface area contributed by atoms with Crippen LogP contribution in [0.2, 0.25) is 0 Å². The predicted molar refractivity (Wildman–Crippen MR) is 127 cm³/mol. The molecule has 34 heavy (non-hydrogen) atoms. The van der Waals surface area contributed by atoms with E-state index in [1.807, 2.05) is 37.3 Å². The molecule has 9 nitrogen and oxygen atoms in total. The van der Waals surface area contributed by atoms with Gasteiger partial charge in [-0.1, -0.05) is 19.1 Å². The molecule has 1 aromatic carbocycles. The van der Waals surface area contributed by atoms with Gasteiger partial charge in [0.15, 0.2) is 0 Å². The van der Waals surface area contributed by atoms with E-state index in [4.69, 9.17) is 4.74 Å². The van der Waals surface area contributed by atoms with Crippen molar-refractivity contribution in [2.75, 3.05) is 18.5 Å². The van der Waals surface area contributed by atoms with E-state index in [-0.39, 0.29) is 30.2 Å². The zero-order valence-corrected chi connectivity index (χ0v) is 19.5. The molecule has 9 heteroatoms. The van der Waals surface area contributed by atoms with Gasteiger partial charge in [0.05, 0.1) is 12.3 Å². The van der Waals surface area contributed by atoms with Crippen LogP contribution in [0.1, 0.15) is 49.8 Å². The summed E-state index contributed by atoms with van der Waals surface area (Å²) in [4.78, 5) is 42.5. The van der Waals surface area contributed by atoms with Gasteiger partial charge in [0.2, 0.25) is 5.91 Å². The van der Waals surface area contributed by atoms with Crippen LogP contribution in [0.3, 0.4) is 0 Å². The van der Waals surface area contributed by atoms with Gasteiger partial charge in [0, 0.05) is 56.5 Å². The molecule has 2 aromatic rings. The van der Waals surface area contributed by atoms with Crippen LogP contribution < -0.4 is 5.32 Å². The van der Waals surface area contributed by atoms with Crippen LogP contribution in [0.15, 0.2) is 47.8 Å². The second-order valence-electron chi connectivity index (χ2n) is 8.52. The molecule has 178 valence electrons. The molecule has 0 radical (unpaired) electrons. The molecule has 3 heterocycles. The number of hydrazone groups is 1. The number of fused-ring (bicyclic) bond motifs is 1. The van der Waals surface area contributed by atoms with Crippen molar-refractivity contribution >= 4 is 29.3 Å². The van der Waals surface area contributed by atoms with Gasteiger partial charge in [-0.3, -0.25) is 14.6 Å². The fraction of sp³-hybridized carbons (Fsp3) is 0.400. The molecule has 2 aliphatic heterocycles. The third-order valence-corrected chi connectivity index (χ3v) is 5.97. The normalized spacial score (nSPS) is 17.3. The molecule has 0 spiro atoms. The standard InChI is InChI=1S/C25H29N5O4/c1-3-34-23(32)5-4-12-30-22(31)13-17(2)24(28-30)18-6-8-21(9-7-18)27-25(33)29-15-19-10-11-26-14-20(19)16-29/h6-11,14,17H,3-5,12-13,15-16H2,1-2H3,(H,27,33). The Bertz CT molecular complexity index is 1070. The molecule has 1 aromatic heterocycles. The summed E-state index contributed by atoms with van der Waals surface area (Å²) >= 11 is 0. The van der Waals surface area contributed by atoms with E-state index >= 15 is 0 Å².